The number of nitrogens with one attached hydrogen (secondary N) is 1. The Bertz CT molecular complexity index is 163. The Kier molecular flexibility index (Phi) is 3.31. The normalized spacial score (nSPS) is 24.2. The first kappa shape index (κ1) is 9.28. The molecule has 5 heteroatoms. The van der Waals surface area contributed by atoms with Crippen LogP contribution in [0, 0.1) is 0 Å². The summed E-state index contributed by atoms with van der Waals surface area (Å²) < 4.78 is 0. The second kappa shape index (κ2) is 4.27. The van der Waals surface area contributed by atoms with E-state index < -0.39 is 6.09 Å². The number of hydrogen-bond acceptors (Lipinski definition) is 3. The molecule has 12 heavy (non-hydrogen) atoms. The van der Waals surface area contributed by atoms with Gasteiger partial charge in [0, 0.05) is 25.7 Å². The molecule has 1 aliphatic rings. The molecule has 1 rings (SSSR count). The van der Waals surface area contributed by atoms with E-state index in [4.69, 9.17) is 10.8 Å². The van der Waals surface area contributed by atoms with Gasteiger partial charge in [-0.2, -0.15) is 0 Å². The van der Waals surface area contributed by atoms with Crippen molar-refractivity contribution in [1.29, 1.82) is 0 Å². The van der Waals surface area contributed by atoms with Crippen molar-refractivity contribution in [1.82, 2.24) is 10.2 Å². The first-order chi connectivity index (χ1) is 5.68. The van der Waals surface area contributed by atoms with Crippen LogP contribution in [0.2, 0.25) is 0 Å². The zero-order chi connectivity index (χ0) is 8.97. The van der Waals surface area contributed by atoms with Crippen LogP contribution in [-0.4, -0.2) is 48.3 Å². The average Bonchev–Trinajstić information content (AvgIpc) is 2.35. The number of nitrogens with two attached hydrogens (primary N) is 1. The molecule has 0 aromatic heterocycles. The fraction of sp³-hybridized carbons (Fsp3) is 0.857. The molecule has 1 heterocycles. The number of amides is 1. The van der Waals surface area contributed by atoms with Gasteiger partial charge in [-0.1, -0.05) is 0 Å². The summed E-state index contributed by atoms with van der Waals surface area (Å²) in [4.78, 5) is 12.3. The largest absolute Gasteiger partial charge is 0.465 e. The van der Waals surface area contributed by atoms with Crippen molar-refractivity contribution in [3.8, 4) is 0 Å². The fourth-order valence-electron chi connectivity index (χ4n) is 1.39. The van der Waals surface area contributed by atoms with Crippen molar-refractivity contribution in [2.24, 2.45) is 5.73 Å². The second-order valence-corrected chi connectivity index (χ2v) is 3.08. The van der Waals surface area contributed by atoms with Gasteiger partial charge in [-0.05, 0) is 13.0 Å². The number of nitrogens with zero attached hydrogens (tertiary/aromatic N) is 1. The summed E-state index contributed by atoms with van der Waals surface area (Å²) in [5, 5.41) is 10.6. The van der Waals surface area contributed by atoms with Gasteiger partial charge in [-0.15, -0.1) is 0 Å². The second-order valence-electron chi connectivity index (χ2n) is 3.08. The van der Waals surface area contributed by atoms with E-state index in [1.54, 1.807) is 0 Å². The fourth-order valence-corrected chi connectivity index (χ4v) is 1.39. The van der Waals surface area contributed by atoms with Gasteiger partial charge in [0.05, 0.1) is 0 Å². The molecule has 0 unspecified atom stereocenters. The maximum absolute atomic E-state index is 10.1. The standard InChI is InChI=1S/C7H15N3O2/c8-6-1-3-10(5-6)4-2-9-7(11)12/h6,9H,1-5,8H2,(H,11,12)/t6-/m0/s1. The molecule has 1 amide bonds. The predicted molar refractivity (Wildman–Crippen MR) is 45.1 cm³/mol. The monoisotopic (exact) mass is 173 g/mol. The Hall–Kier alpha value is -0.810. The summed E-state index contributed by atoms with van der Waals surface area (Å²) in [5.41, 5.74) is 5.68. The van der Waals surface area contributed by atoms with Crippen molar-refractivity contribution < 1.29 is 9.90 Å². The molecule has 1 saturated heterocycles. The molecule has 0 radical (unpaired) electrons. The summed E-state index contributed by atoms with van der Waals surface area (Å²) in [7, 11) is 0. The predicted octanol–water partition coefficient (Wildman–Crippen LogP) is -0.713. The van der Waals surface area contributed by atoms with Gasteiger partial charge in [-0.25, -0.2) is 4.79 Å². The zero-order valence-corrected chi connectivity index (χ0v) is 6.99. The topological polar surface area (TPSA) is 78.6 Å². The molecule has 70 valence electrons. The number of carbonyl (C=O) groups is 1. The maximum Gasteiger partial charge on any atom is 0.404 e. The lowest BCUT2D eigenvalue weighted by Gasteiger charge is -2.14. The highest BCUT2D eigenvalue weighted by molar-refractivity contribution is 5.64. The van der Waals surface area contributed by atoms with Crippen LogP contribution in [0.25, 0.3) is 0 Å². The molecule has 1 atom stereocenters. The lowest BCUT2D eigenvalue weighted by atomic mass is 10.3. The van der Waals surface area contributed by atoms with Crippen molar-refractivity contribution in [2.45, 2.75) is 12.5 Å². The smallest absolute Gasteiger partial charge is 0.404 e. The summed E-state index contributed by atoms with van der Waals surface area (Å²) in [6.07, 6.45) is 0.0612. The van der Waals surface area contributed by atoms with Gasteiger partial charge in [-0.3, -0.25) is 4.90 Å². The minimum atomic E-state index is -0.960. The molecule has 1 aliphatic heterocycles. The minimum Gasteiger partial charge on any atom is -0.465 e. The van der Waals surface area contributed by atoms with E-state index in [0.717, 1.165) is 26.1 Å². The quantitative estimate of drug-likeness (QED) is 0.526. The molecular formula is C7H15N3O2. The van der Waals surface area contributed by atoms with E-state index in [-0.39, 0.29) is 6.04 Å². The molecule has 0 spiro atoms. The highest BCUT2D eigenvalue weighted by Gasteiger charge is 2.17. The summed E-state index contributed by atoms with van der Waals surface area (Å²) in [6.45, 7) is 3.13. The average molecular weight is 173 g/mol. The van der Waals surface area contributed by atoms with Gasteiger partial charge in [0.15, 0.2) is 0 Å². The molecule has 1 fully saturated rings. The highest BCUT2D eigenvalue weighted by Crippen LogP contribution is 2.04. The number of carboxylic acid groups (broad SMARTS) is 1. The van der Waals surface area contributed by atoms with Crippen molar-refractivity contribution >= 4 is 6.09 Å². The minimum absolute atomic E-state index is 0.273. The van der Waals surface area contributed by atoms with Gasteiger partial charge >= 0.3 is 6.09 Å². The van der Waals surface area contributed by atoms with E-state index in [2.05, 4.69) is 10.2 Å². The third kappa shape index (κ3) is 3.06. The SMILES string of the molecule is N[C@H]1CCN(CCNC(=O)O)C1. The number of likely N-dealkylation sites (tertiary alicyclic amines) is 1. The zero-order valence-electron chi connectivity index (χ0n) is 6.99. The molecule has 0 aliphatic carbocycles. The van der Waals surface area contributed by atoms with E-state index >= 15 is 0 Å². The Morgan fingerprint density at radius 3 is 3.00 bits per heavy atom. The van der Waals surface area contributed by atoms with Gasteiger partial charge in [0.1, 0.15) is 0 Å². The lowest BCUT2D eigenvalue weighted by molar-refractivity contribution is 0.192. The molecular weight excluding hydrogens is 158 g/mol. The number of rotatable bonds is 3. The van der Waals surface area contributed by atoms with Crippen molar-refractivity contribution in [3.05, 3.63) is 0 Å². The van der Waals surface area contributed by atoms with Crippen LogP contribution < -0.4 is 11.1 Å². The molecule has 0 aromatic carbocycles. The lowest BCUT2D eigenvalue weighted by Crippen LogP contribution is -2.34. The van der Waals surface area contributed by atoms with Crippen molar-refractivity contribution in [3.63, 3.8) is 0 Å². The Labute approximate surface area is 71.5 Å². The maximum atomic E-state index is 10.1. The van der Waals surface area contributed by atoms with E-state index in [9.17, 15) is 4.79 Å². The Balaban J connectivity index is 2.04. The Morgan fingerprint density at radius 2 is 2.50 bits per heavy atom. The summed E-state index contributed by atoms with van der Waals surface area (Å²) >= 11 is 0. The van der Waals surface area contributed by atoms with Crippen LogP contribution in [0.3, 0.4) is 0 Å². The van der Waals surface area contributed by atoms with Gasteiger partial charge < -0.3 is 16.2 Å². The van der Waals surface area contributed by atoms with Crippen LogP contribution in [0.4, 0.5) is 4.79 Å². The molecule has 0 bridgehead atoms. The van der Waals surface area contributed by atoms with Crippen molar-refractivity contribution in [2.75, 3.05) is 26.2 Å². The van der Waals surface area contributed by atoms with Crippen LogP contribution in [-0.2, 0) is 0 Å². The third-order valence-electron chi connectivity index (χ3n) is 2.01. The summed E-state index contributed by atoms with van der Waals surface area (Å²) in [6, 6.07) is 0.273. The van der Waals surface area contributed by atoms with Gasteiger partial charge in [0.2, 0.25) is 0 Å². The van der Waals surface area contributed by atoms with Crippen LogP contribution in [0.1, 0.15) is 6.42 Å². The van der Waals surface area contributed by atoms with Gasteiger partial charge in [0.25, 0.3) is 0 Å². The molecule has 4 N–H and O–H groups in total. The third-order valence-corrected chi connectivity index (χ3v) is 2.01. The van der Waals surface area contributed by atoms with E-state index in [1.807, 2.05) is 0 Å². The first-order valence-electron chi connectivity index (χ1n) is 4.13. The van der Waals surface area contributed by atoms with Crippen LogP contribution >= 0.6 is 0 Å². The molecule has 5 nitrogen and oxygen atoms in total. The first-order valence-corrected chi connectivity index (χ1v) is 4.13. The number of hydrogen-bond donors (Lipinski definition) is 3. The van der Waals surface area contributed by atoms with Crippen LogP contribution in [0.5, 0.6) is 0 Å². The van der Waals surface area contributed by atoms with E-state index in [0.29, 0.717) is 6.54 Å². The van der Waals surface area contributed by atoms with E-state index in [1.165, 1.54) is 0 Å². The highest BCUT2D eigenvalue weighted by atomic mass is 16.4. The molecule has 0 saturated carbocycles. The molecule has 0 aromatic rings. The van der Waals surface area contributed by atoms with Crippen LogP contribution in [0.15, 0.2) is 0 Å². The summed E-state index contributed by atoms with van der Waals surface area (Å²) in [5.74, 6) is 0. The Morgan fingerprint density at radius 1 is 1.75 bits per heavy atom.